The second kappa shape index (κ2) is 8.07. The van der Waals surface area contributed by atoms with E-state index in [1.165, 1.54) is 4.88 Å². The SMILES string of the molecule is CCCNC(CCCOC)c1sccc1Cl. The molecule has 0 aliphatic carbocycles. The van der Waals surface area contributed by atoms with E-state index < -0.39 is 0 Å². The maximum Gasteiger partial charge on any atom is 0.0561 e. The minimum atomic E-state index is 0.377. The Morgan fingerprint density at radius 3 is 2.94 bits per heavy atom. The zero-order valence-corrected chi connectivity index (χ0v) is 11.5. The minimum absolute atomic E-state index is 0.377. The zero-order chi connectivity index (χ0) is 11.8. The van der Waals surface area contributed by atoms with Crippen molar-refractivity contribution in [3.8, 4) is 0 Å². The van der Waals surface area contributed by atoms with Gasteiger partial charge in [0, 0.05) is 24.6 Å². The highest BCUT2D eigenvalue weighted by atomic mass is 35.5. The largest absolute Gasteiger partial charge is 0.385 e. The van der Waals surface area contributed by atoms with Crippen LogP contribution in [0.4, 0.5) is 0 Å². The third-order valence-corrected chi connectivity index (χ3v) is 3.92. The molecule has 2 nitrogen and oxygen atoms in total. The van der Waals surface area contributed by atoms with Crippen LogP contribution in [0.15, 0.2) is 11.4 Å². The Balaban J connectivity index is 2.53. The molecule has 1 aromatic rings. The van der Waals surface area contributed by atoms with Crippen molar-refractivity contribution in [2.45, 2.75) is 32.2 Å². The van der Waals surface area contributed by atoms with Crippen LogP contribution in [0.5, 0.6) is 0 Å². The smallest absolute Gasteiger partial charge is 0.0561 e. The first-order valence-corrected chi connectivity index (χ1v) is 7.00. The van der Waals surface area contributed by atoms with Crippen LogP contribution in [0.25, 0.3) is 0 Å². The lowest BCUT2D eigenvalue weighted by atomic mass is 10.1. The molecule has 16 heavy (non-hydrogen) atoms. The van der Waals surface area contributed by atoms with Gasteiger partial charge >= 0.3 is 0 Å². The van der Waals surface area contributed by atoms with Crippen LogP contribution in [0.2, 0.25) is 5.02 Å². The van der Waals surface area contributed by atoms with Crippen molar-refractivity contribution in [3.63, 3.8) is 0 Å². The number of methoxy groups -OCH3 is 1. The van der Waals surface area contributed by atoms with Gasteiger partial charge in [-0.2, -0.15) is 0 Å². The molecule has 0 aliphatic rings. The van der Waals surface area contributed by atoms with Crippen molar-refractivity contribution >= 4 is 22.9 Å². The quantitative estimate of drug-likeness (QED) is 0.718. The van der Waals surface area contributed by atoms with Crippen LogP contribution in [0, 0.1) is 0 Å². The molecule has 1 N–H and O–H groups in total. The number of rotatable bonds is 8. The summed E-state index contributed by atoms with van der Waals surface area (Å²) in [7, 11) is 1.74. The third kappa shape index (κ3) is 4.42. The summed E-state index contributed by atoms with van der Waals surface area (Å²) in [5.41, 5.74) is 0. The van der Waals surface area contributed by atoms with Crippen molar-refractivity contribution < 1.29 is 4.74 Å². The number of nitrogens with one attached hydrogen (secondary N) is 1. The van der Waals surface area contributed by atoms with Gasteiger partial charge < -0.3 is 10.1 Å². The molecule has 1 aromatic heterocycles. The van der Waals surface area contributed by atoms with Gasteiger partial charge in [0.15, 0.2) is 0 Å². The molecule has 0 aliphatic heterocycles. The lowest BCUT2D eigenvalue weighted by Crippen LogP contribution is -2.22. The topological polar surface area (TPSA) is 21.3 Å². The molecule has 0 amide bonds. The molecule has 0 saturated heterocycles. The maximum atomic E-state index is 6.17. The molecule has 0 saturated carbocycles. The van der Waals surface area contributed by atoms with Crippen molar-refractivity contribution in [3.05, 3.63) is 21.3 Å². The fourth-order valence-electron chi connectivity index (χ4n) is 1.63. The number of halogens is 1. The molecular formula is C12H20ClNOS. The summed E-state index contributed by atoms with van der Waals surface area (Å²) in [6.07, 6.45) is 3.28. The van der Waals surface area contributed by atoms with Crippen LogP contribution < -0.4 is 5.32 Å². The van der Waals surface area contributed by atoms with E-state index in [-0.39, 0.29) is 0 Å². The second-order valence-corrected chi connectivity index (χ2v) is 5.13. The predicted octanol–water partition coefficient (Wildman–Crippen LogP) is 3.87. The van der Waals surface area contributed by atoms with Crippen LogP contribution in [0.1, 0.15) is 37.1 Å². The van der Waals surface area contributed by atoms with Gasteiger partial charge in [-0.25, -0.2) is 0 Å². The van der Waals surface area contributed by atoms with Gasteiger partial charge in [-0.15, -0.1) is 11.3 Å². The van der Waals surface area contributed by atoms with Gasteiger partial charge in [0.25, 0.3) is 0 Å². The summed E-state index contributed by atoms with van der Waals surface area (Å²) in [6.45, 7) is 4.02. The van der Waals surface area contributed by atoms with E-state index in [0.717, 1.165) is 37.4 Å². The summed E-state index contributed by atoms with van der Waals surface area (Å²) in [4.78, 5) is 1.26. The molecule has 4 heteroatoms. The average Bonchev–Trinajstić information content (AvgIpc) is 2.70. The van der Waals surface area contributed by atoms with Gasteiger partial charge in [-0.05, 0) is 37.3 Å². The van der Waals surface area contributed by atoms with E-state index >= 15 is 0 Å². The van der Waals surface area contributed by atoms with Crippen molar-refractivity contribution in [2.75, 3.05) is 20.3 Å². The maximum absolute atomic E-state index is 6.17. The van der Waals surface area contributed by atoms with Crippen LogP contribution in [-0.4, -0.2) is 20.3 Å². The fraction of sp³-hybridized carbons (Fsp3) is 0.667. The van der Waals surface area contributed by atoms with Crippen LogP contribution in [0.3, 0.4) is 0 Å². The molecule has 1 heterocycles. The first-order chi connectivity index (χ1) is 7.79. The molecule has 0 fully saturated rings. The van der Waals surface area contributed by atoms with Gasteiger partial charge in [0.1, 0.15) is 0 Å². The van der Waals surface area contributed by atoms with E-state index in [1.807, 2.05) is 6.07 Å². The van der Waals surface area contributed by atoms with Gasteiger partial charge in [0.05, 0.1) is 5.02 Å². The molecule has 1 atom stereocenters. The number of hydrogen-bond donors (Lipinski definition) is 1. The third-order valence-electron chi connectivity index (χ3n) is 2.44. The van der Waals surface area contributed by atoms with Gasteiger partial charge in [-0.1, -0.05) is 18.5 Å². The average molecular weight is 262 g/mol. The molecule has 0 aromatic carbocycles. The molecule has 0 bridgehead atoms. The summed E-state index contributed by atoms with van der Waals surface area (Å²) >= 11 is 7.90. The van der Waals surface area contributed by atoms with E-state index in [0.29, 0.717) is 6.04 Å². The Morgan fingerprint density at radius 2 is 2.38 bits per heavy atom. The highest BCUT2D eigenvalue weighted by Crippen LogP contribution is 2.31. The van der Waals surface area contributed by atoms with Crippen molar-refractivity contribution in [2.24, 2.45) is 0 Å². The molecule has 92 valence electrons. The predicted molar refractivity (Wildman–Crippen MR) is 71.5 cm³/mol. The first kappa shape index (κ1) is 14.0. The highest BCUT2D eigenvalue weighted by Gasteiger charge is 2.14. The highest BCUT2D eigenvalue weighted by molar-refractivity contribution is 7.10. The summed E-state index contributed by atoms with van der Waals surface area (Å²) in [6, 6.07) is 2.35. The summed E-state index contributed by atoms with van der Waals surface area (Å²) < 4.78 is 5.09. The standard InChI is InChI=1S/C12H20ClNOS/c1-3-7-14-11(5-4-8-15-2)12-10(13)6-9-16-12/h6,9,11,14H,3-5,7-8H2,1-2H3. The Hall–Kier alpha value is -0.0900. The fourth-order valence-corrected chi connectivity index (χ4v) is 2.93. The number of ether oxygens (including phenoxy) is 1. The molecule has 0 radical (unpaired) electrons. The van der Waals surface area contributed by atoms with E-state index in [9.17, 15) is 0 Å². The Morgan fingerprint density at radius 1 is 1.56 bits per heavy atom. The monoisotopic (exact) mass is 261 g/mol. The number of hydrogen-bond acceptors (Lipinski definition) is 3. The zero-order valence-electron chi connectivity index (χ0n) is 9.96. The molecule has 1 unspecified atom stereocenters. The molecular weight excluding hydrogens is 242 g/mol. The van der Waals surface area contributed by atoms with Crippen LogP contribution in [-0.2, 0) is 4.74 Å². The summed E-state index contributed by atoms with van der Waals surface area (Å²) in [5.74, 6) is 0. The van der Waals surface area contributed by atoms with Gasteiger partial charge in [0.2, 0.25) is 0 Å². The van der Waals surface area contributed by atoms with Gasteiger partial charge in [-0.3, -0.25) is 0 Å². The first-order valence-electron chi connectivity index (χ1n) is 5.74. The van der Waals surface area contributed by atoms with E-state index in [4.69, 9.17) is 16.3 Å². The normalized spacial score (nSPS) is 12.9. The number of thiophene rings is 1. The Bertz CT molecular complexity index is 290. The summed E-state index contributed by atoms with van der Waals surface area (Å²) in [5, 5.41) is 6.48. The molecule has 1 rings (SSSR count). The van der Waals surface area contributed by atoms with Crippen molar-refractivity contribution in [1.29, 1.82) is 0 Å². The lowest BCUT2D eigenvalue weighted by Gasteiger charge is -2.17. The minimum Gasteiger partial charge on any atom is -0.385 e. The van der Waals surface area contributed by atoms with Crippen molar-refractivity contribution in [1.82, 2.24) is 5.32 Å². The Labute approximate surface area is 107 Å². The van der Waals surface area contributed by atoms with E-state index in [1.54, 1.807) is 18.4 Å². The molecule has 0 spiro atoms. The second-order valence-electron chi connectivity index (χ2n) is 3.77. The Kier molecular flexibility index (Phi) is 7.05. The lowest BCUT2D eigenvalue weighted by molar-refractivity contribution is 0.189. The van der Waals surface area contributed by atoms with E-state index in [2.05, 4.69) is 17.6 Å². The van der Waals surface area contributed by atoms with Crippen LogP contribution >= 0.6 is 22.9 Å².